The van der Waals surface area contributed by atoms with E-state index < -0.39 is 0 Å². The number of thiazole rings is 1. The number of pyridine rings is 1. The Morgan fingerprint density at radius 3 is 1.88 bits per heavy atom. The minimum atomic E-state index is 0.296. The average Bonchev–Trinajstić information content (AvgIpc) is 3.38. The molecule has 0 unspecified atom stereocenters. The van der Waals surface area contributed by atoms with Crippen LogP contribution in [0.4, 0.5) is 14.8 Å². The summed E-state index contributed by atoms with van der Waals surface area (Å²) in [6.07, 6.45) is 8.59. The summed E-state index contributed by atoms with van der Waals surface area (Å²) >= 11 is 1.76. The number of nitrogens with zero attached hydrogens (tertiary/aromatic N) is 4. The van der Waals surface area contributed by atoms with E-state index in [1.165, 1.54) is 42.6 Å². The molecule has 4 heterocycles. The molecule has 0 bridgehead atoms. The first-order valence-corrected chi connectivity index (χ1v) is 12.5. The average molecular weight is 483 g/mol. The molecule has 32 heavy (non-hydrogen) atoms. The Hall–Kier alpha value is -2.00. The van der Waals surface area contributed by atoms with Crippen LogP contribution in [0.2, 0.25) is 0 Å². The Morgan fingerprint density at radius 1 is 0.906 bits per heavy atom. The number of hydrogen-bond donors (Lipinski definition) is 0. The minimum absolute atomic E-state index is 0.296. The highest BCUT2D eigenvalue weighted by Gasteiger charge is 2.30. The minimum Gasteiger partial charge on any atom is -0.357 e. The molecule has 0 aliphatic carbocycles. The maximum absolute atomic E-state index is 12.6. The number of anilines is 2. The fourth-order valence-electron chi connectivity index (χ4n) is 4.24. The number of aryl methyl sites for hydroxylation is 1. The molecule has 6 nitrogen and oxygen atoms in total. The second-order valence-corrected chi connectivity index (χ2v) is 9.24. The molecule has 0 aromatic carbocycles. The quantitative estimate of drug-likeness (QED) is 0.561. The van der Waals surface area contributed by atoms with Crippen LogP contribution in [-0.4, -0.2) is 49.7 Å². The third-order valence-corrected chi connectivity index (χ3v) is 7.33. The van der Waals surface area contributed by atoms with Crippen LogP contribution in [0.25, 0.3) is 0 Å². The van der Waals surface area contributed by atoms with Gasteiger partial charge in [-0.3, -0.25) is 0 Å². The SMILES string of the molecule is C=O.C=O.CC.Cc1ccc(N2CCC(C3CCN(c4ncc(SF)s4)CC3)CC2)nc1. The molecular formula is C23H35FN4O2S2. The van der Waals surface area contributed by atoms with Crippen molar-refractivity contribution in [3.05, 3.63) is 30.1 Å². The van der Waals surface area contributed by atoms with Crippen molar-refractivity contribution in [2.45, 2.75) is 50.7 Å². The Balaban J connectivity index is 0.000000789. The number of rotatable bonds is 4. The van der Waals surface area contributed by atoms with Gasteiger partial charge in [-0.25, -0.2) is 9.97 Å². The number of piperidine rings is 2. The number of hydrogen-bond acceptors (Lipinski definition) is 8. The predicted octanol–water partition coefficient (Wildman–Crippen LogP) is 5.61. The molecule has 0 N–H and O–H groups in total. The first-order valence-electron chi connectivity index (χ1n) is 11.0. The summed E-state index contributed by atoms with van der Waals surface area (Å²) in [5, 5.41) is 0.976. The molecule has 2 aromatic heterocycles. The van der Waals surface area contributed by atoms with Crippen molar-refractivity contribution in [1.29, 1.82) is 0 Å². The van der Waals surface area contributed by atoms with Gasteiger partial charge >= 0.3 is 0 Å². The lowest BCUT2D eigenvalue weighted by Crippen LogP contribution is -2.41. The highest BCUT2D eigenvalue weighted by Crippen LogP contribution is 2.37. The van der Waals surface area contributed by atoms with Crippen molar-refractivity contribution >= 4 is 48.0 Å². The summed E-state index contributed by atoms with van der Waals surface area (Å²) in [6, 6.07) is 4.29. The molecule has 178 valence electrons. The van der Waals surface area contributed by atoms with E-state index in [2.05, 4.69) is 38.8 Å². The van der Waals surface area contributed by atoms with Gasteiger partial charge in [0.05, 0.1) is 18.3 Å². The van der Waals surface area contributed by atoms with Gasteiger partial charge in [0.25, 0.3) is 0 Å². The monoisotopic (exact) mass is 482 g/mol. The molecule has 0 atom stereocenters. The van der Waals surface area contributed by atoms with Crippen LogP contribution in [0.5, 0.6) is 0 Å². The van der Waals surface area contributed by atoms with Crippen LogP contribution in [0.1, 0.15) is 45.1 Å². The summed E-state index contributed by atoms with van der Waals surface area (Å²) in [6.45, 7) is 14.4. The molecule has 0 radical (unpaired) electrons. The van der Waals surface area contributed by atoms with E-state index in [1.807, 2.05) is 33.6 Å². The predicted molar refractivity (Wildman–Crippen MR) is 134 cm³/mol. The van der Waals surface area contributed by atoms with Gasteiger partial charge in [0.1, 0.15) is 23.6 Å². The van der Waals surface area contributed by atoms with Crippen LogP contribution in [-0.2, 0) is 9.59 Å². The third-order valence-electron chi connectivity index (χ3n) is 5.78. The molecule has 4 rings (SSSR count). The maximum Gasteiger partial charge on any atom is 0.186 e. The van der Waals surface area contributed by atoms with Gasteiger partial charge in [-0.2, -0.15) is 3.89 Å². The van der Waals surface area contributed by atoms with Crippen LogP contribution in [0.15, 0.2) is 28.7 Å². The van der Waals surface area contributed by atoms with E-state index >= 15 is 0 Å². The van der Waals surface area contributed by atoms with Crippen molar-refractivity contribution < 1.29 is 13.5 Å². The van der Waals surface area contributed by atoms with Crippen LogP contribution < -0.4 is 9.80 Å². The largest absolute Gasteiger partial charge is 0.357 e. The molecule has 2 fully saturated rings. The Labute approximate surface area is 199 Å². The first-order chi connectivity index (χ1) is 15.7. The molecule has 2 aliphatic heterocycles. The third kappa shape index (κ3) is 7.85. The van der Waals surface area contributed by atoms with E-state index in [-0.39, 0.29) is 0 Å². The van der Waals surface area contributed by atoms with E-state index in [0.29, 0.717) is 16.4 Å². The van der Waals surface area contributed by atoms with Gasteiger partial charge < -0.3 is 19.4 Å². The summed E-state index contributed by atoms with van der Waals surface area (Å²) in [5.41, 5.74) is 1.22. The zero-order chi connectivity index (χ0) is 23.9. The Kier molecular flexibility index (Phi) is 13.8. The van der Waals surface area contributed by atoms with Gasteiger partial charge in [-0.15, -0.1) is 0 Å². The van der Waals surface area contributed by atoms with Crippen LogP contribution >= 0.6 is 23.5 Å². The fourth-order valence-corrected chi connectivity index (χ4v) is 5.39. The van der Waals surface area contributed by atoms with Gasteiger partial charge in [0, 0.05) is 32.4 Å². The zero-order valence-electron chi connectivity index (χ0n) is 19.3. The molecule has 0 amide bonds. The highest BCUT2D eigenvalue weighted by molar-refractivity contribution is 7.96. The summed E-state index contributed by atoms with van der Waals surface area (Å²) in [4.78, 5) is 29.7. The van der Waals surface area contributed by atoms with E-state index in [0.717, 1.165) is 49.0 Å². The molecule has 2 aliphatic rings. The standard InChI is InChI=1S/C19H25FN4S2.C2H6.2CH2O/c1-14-2-3-17(21-12-14)23-8-4-15(5-9-23)16-6-10-24(11-7-16)19-22-13-18(25-19)26-20;3*1-2/h2-3,12-13,15-16H,4-11H2,1H3;1-2H3;2*1H2. The first kappa shape index (κ1) is 28.0. The zero-order valence-corrected chi connectivity index (χ0v) is 21.0. The second-order valence-electron chi connectivity index (χ2n) is 7.38. The summed E-state index contributed by atoms with van der Waals surface area (Å²) < 4.78 is 13.3. The van der Waals surface area contributed by atoms with Crippen LogP contribution in [0, 0.1) is 18.8 Å². The topological polar surface area (TPSA) is 66.4 Å². The molecule has 0 spiro atoms. The van der Waals surface area contributed by atoms with Crippen molar-refractivity contribution in [2.75, 3.05) is 36.0 Å². The lowest BCUT2D eigenvalue weighted by molar-refractivity contribution is -0.0987. The fraction of sp³-hybridized carbons (Fsp3) is 0.565. The lowest BCUT2D eigenvalue weighted by Gasteiger charge is -2.40. The number of aromatic nitrogens is 2. The van der Waals surface area contributed by atoms with Crippen molar-refractivity contribution in [3.8, 4) is 0 Å². The number of carbonyl (C=O) groups is 2. The molecule has 0 saturated carbocycles. The number of carbonyl (C=O) groups excluding carboxylic acids is 2. The number of halogens is 1. The van der Waals surface area contributed by atoms with Crippen molar-refractivity contribution in [2.24, 2.45) is 11.8 Å². The molecule has 9 heteroatoms. The van der Waals surface area contributed by atoms with E-state index in [9.17, 15) is 3.89 Å². The summed E-state index contributed by atoms with van der Waals surface area (Å²) in [5.74, 6) is 2.76. The van der Waals surface area contributed by atoms with Gasteiger partial charge in [-0.1, -0.05) is 31.3 Å². The van der Waals surface area contributed by atoms with Crippen LogP contribution in [0.3, 0.4) is 0 Å². The van der Waals surface area contributed by atoms with Crippen molar-refractivity contribution in [3.63, 3.8) is 0 Å². The summed E-state index contributed by atoms with van der Waals surface area (Å²) in [7, 11) is 0. The Bertz CT molecular complexity index is 745. The van der Waals surface area contributed by atoms with Gasteiger partial charge in [0.2, 0.25) is 0 Å². The molecular weight excluding hydrogens is 447 g/mol. The van der Waals surface area contributed by atoms with Gasteiger partial charge in [-0.05, 0) is 56.1 Å². The van der Waals surface area contributed by atoms with E-state index in [1.54, 1.807) is 6.20 Å². The normalized spacial score (nSPS) is 16.6. The second kappa shape index (κ2) is 15.7. The lowest BCUT2D eigenvalue weighted by atomic mass is 9.79. The van der Waals surface area contributed by atoms with E-state index in [4.69, 9.17) is 9.59 Å². The van der Waals surface area contributed by atoms with Gasteiger partial charge in [0.15, 0.2) is 5.13 Å². The molecule has 2 saturated heterocycles. The molecule has 2 aromatic rings. The maximum atomic E-state index is 12.6. The smallest absolute Gasteiger partial charge is 0.186 e. The highest BCUT2D eigenvalue weighted by atomic mass is 32.2. The Morgan fingerprint density at radius 2 is 1.44 bits per heavy atom. The van der Waals surface area contributed by atoms with Crippen molar-refractivity contribution in [1.82, 2.24) is 9.97 Å².